The van der Waals surface area contributed by atoms with Crippen molar-refractivity contribution >= 4 is 23.5 Å². The van der Waals surface area contributed by atoms with Crippen molar-refractivity contribution in [3.05, 3.63) is 34.9 Å². The van der Waals surface area contributed by atoms with Gasteiger partial charge in [0.25, 0.3) is 5.91 Å². The van der Waals surface area contributed by atoms with Gasteiger partial charge in [-0.15, -0.1) is 0 Å². The molecule has 0 saturated carbocycles. The Bertz CT molecular complexity index is 490. The van der Waals surface area contributed by atoms with Gasteiger partial charge in [-0.1, -0.05) is 11.6 Å². The minimum absolute atomic E-state index is 0.0135. The van der Waals surface area contributed by atoms with Gasteiger partial charge in [-0.3, -0.25) is 4.79 Å². The molecule has 1 saturated heterocycles. The highest BCUT2D eigenvalue weighted by Gasteiger charge is 2.22. The van der Waals surface area contributed by atoms with Crippen LogP contribution in [-0.4, -0.2) is 55.0 Å². The van der Waals surface area contributed by atoms with E-state index in [0.29, 0.717) is 36.8 Å². The van der Waals surface area contributed by atoms with Gasteiger partial charge in [-0.2, -0.15) is 0 Å². The monoisotopic (exact) mass is 295 g/mol. The number of halogens is 1. The van der Waals surface area contributed by atoms with Crippen LogP contribution in [0.4, 0.5) is 4.79 Å². The van der Waals surface area contributed by atoms with Gasteiger partial charge in [0.2, 0.25) is 0 Å². The first-order valence-electron chi connectivity index (χ1n) is 6.63. The summed E-state index contributed by atoms with van der Waals surface area (Å²) in [6, 6.07) is 6.79. The molecule has 0 aliphatic carbocycles. The smallest absolute Gasteiger partial charge is 0.317 e. The van der Waals surface area contributed by atoms with Crippen molar-refractivity contribution in [1.82, 2.24) is 15.1 Å². The van der Waals surface area contributed by atoms with E-state index in [1.165, 1.54) is 0 Å². The molecule has 6 heteroatoms. The Balaban J connectivity index is 2.01. The first-order chi connectivity index (χ1) is 9.61. The lowest BCUT2D eigenvalue weighted by atomic mass is 10.2. The van der Waals surface area contributed by atoms with Gasteiger partial charge in [0.05, 0.1) is 0 Å². The van der Waals surface area contributed by atoms with Crippen LogP contribution in [0.3, 0.4) is 0 Å². The quantitative estimate of drug-likeness (QED) is 0.859. The Labute approximate surface area is 123 Å². The summed E-state index contributed by atoms with van der Waals surface area (Å²) in [5, 5.41) is 3.23. The largest absolute Gasteiger partial charge is 0.341 e. The number of rotatable bonds is 1. The topological polar surface area (TPSA) is 52.7 Å². The van der Waals surface area contributed by atoms with Crippen LogP contribution in [-0.2, 0) is 0 Å². The highest BCUT2D eigenvalue weighted by atomic mass is 35.5. The van der Waals surface area contributed by atoms with Crippen molar-refractivity contribution in [2.45, 2.75) is 6.42 Å². The average Bonchev–Trinajstić information content (AvgIpc) is 2.72. The summed E-state index contributed by atoms with van der Waals surface area (Å²) in [7, 11) is 1.61. The maximum Gasteiger partial charge on any atom is 0.317 e. The highest BCUT2D eigenvalue weighted by molar-refractivity contribution is 6.30. The maximum absolute atomic E-state index is 12.4. The predicted molar refractivity (Wildman–Crippen MR) is 78.0 cm³/mol. The van der Waals surface area contributed by atoms with E-state index in [9.17, 15) is 9.59 Å². The van der Waals surface area contributed by atoms with Crippen molar-refractivity contribution < 1.29 is 9.59 Å². The zero-order chi connectivity index (χ0) is 14.5. The van der Waals surface area contributed by atoms with Gasteiger partial charge in [0.1, 0.15) is 0 Å². The van der Waals surface area contributed by atoms with Gasteiger partial charge in [-0.25, -0.2) is 4.79 Å². The molecule has 1 fully saturated rings. The van der Waals surface area contributed by atoms with Gasteiger partial charge < -0.3 is 15.1 Å². The number of carbonyl (C=O) groups is 2. The first kappa shape index (κ1) is 14.7. The minimum atomic E-state index is -0.0919. The number of amides is 3. The summed E-state index contributed by atoms with van der Waals surface area (Å²) in [5.41, 5.74) is 0.628. The standard InChI is InChI=1S/C14H18ClN3O2/c1-16-14(20)18-8-2-7-17(9-10-18)13(19)11-3-5-12(15)6-4-11/h3-6H,2,7-10H2,1H3,(H,16,20). The Hall–Kier alpha value is -1.75. The summed E-state index contributed by atoms with van der Waals surface area (Å²) >= 11 is 5.82. The van der Waals surface area contributed by atoms with Crippen molar-refractivity contribution in [2.24, 2.45) is 0 Å². The Morgan fingerprint density at radius 2 is 1.65 bits per heavy atom. The highest BCUT2D eigenvalue weighted by Crippen LogP contribution is 2.13. The van der Waals surface area contributed by atoms with Crippen molar-refractivity contribution in [3.63, 3.8) is 0 Å². The zero-order valence-electron chi connectivity index (χ0n) is 11.4. The van der Waals surface area contributed by atoms with E-state index >= 15 is 0 Å². The fourth-order valence-corrected chi connectivity index (χ4v) is 2.38. The minimum Gasteiger partial charge on any atom is -0.341 e. The Morgan fingerprint density at radius 3 is 2.30 bits per heavy atom. The predicted octanol–water partition coefficient (Wildman–Crippen LogP) is 1.83. The molecule has 0 spiro atoms. The van der Waals surface area contributed by atoms with Gasteiger partial charge in [0.15, 0.2) is 0 Å². The molecule has 1 aliphatic rings. The average molecular weight is 296 g/mol. The summed E-state index contributed by atoms with van der Waals surface area (Å²) in [4.78, 5) is 27.5. The van der Waals surface area contributed by atoms with Gasteiger partial charge >= 0.3 is 6.03 Å². The SMILES string of the molecule is CNC(=O)N1CCCN(C(=O)c2ccc(Cl)cc2)CC1. The van der Waals surface area contributed by atoms with Crippen LogP contribution in [0, 0.1) is 0 Å². The van der Waals surface area contributed by atoms with Gasteiger partial charge in [0, 0.05) is 43.8 Å². The third-order valence-corrected chi connectivity index (χ3v) is 3.63. The molecule has 20 heavy (non-hydrogen) atoms. The van der Waals surface area contributed by atoms with Crippen LogP contribution in [0.2, 0.25) is 5.02 Å². The molecule has 108 valence electrons. The molecule has 0 bridgehead atoms. The maximum atomic E-state index is 12.4. The molecule has 2 rings (SSSR count). The zero-order valence-corrected chi connectivity index (χ0v) is 12.2. The summed E-state index contributed by atoms with van der Waals surface area (Å²) < 4.78 is 0. The normalized spacial score (nSPS) is 15.7. The Kier molecular flexibility index (Phi) is 4.84. The Morgan fingerprint density at radius 1 is 1.05 bits per heavy atom. The molecular weight excluding hydrogens is 278 g/mol. The van der Waals surface area contributed by atoms with Crippen LogP contribution in [0.15, 0.2) is 24.3 Å². The summed E-state index contributed by atoms with van der Waals surface area (Å²) in [6.07, 6.45) is 0.784. The van der Waals surface area contributed by atoms with E-state index in [4.69, 9.17) is 11.6 Å². The molecule has 5 nitrogen and oxygen atoms in total. The van der Waals surface area contributed by atoms with Crippen molar-refractivity contribution in [1.29, 1.82) is 0 Å². The number of hydrogen-bond acceptors (Lipinski definition) is 2. The second-order valence-electron chi connectivity index (χ2n) is 4.69. The molecule has 1 N–H and O–H groups in total. The molecule has 0 radical (unpaired) electrons. The third-order valence-electron chi connectivity index (χ3n) is 3.38. The molecule has 1 aliphatic heterocycles. The van der Waals surface area contributed by atoms with E-state index in [1.54, 1.807) is 41.1 Å². The summed E-state index contributed by atoms with van der Waals surface area (Å²) in [5.74, 6) is -0.0135. The van der Waals surface area contributed by atoms with E-state index in [-0.39, 0.29) is 11.9 Å². The van der Waals surface area contributed by atoms with Crippen LogP contribution < -0.4 is 5.32 Å². The van der Waals surface area contributed by atoms with Crippen LogP contribution in [0.5, 0.6) is 0 Å². The number of nitrogens with zero attached hydrogens (tertiary/aromatic N) is 2. The number of benzene rings is 1. The van der Waals surface area contributed by atoms with Gasteiger partial charge in [-0.05, 0) is 30.7 Å². The fourth-order valence-electron chi connectivity index (χ4n) is 2.26. The summed E-state index contributed by atoms with van der Waals surface area (Å²) in [6.45, 7) is 2.44. The van der Waals surface area contributed by atoms with E-state index in [2.05, 4.69) is 5.32 Å². The number of urea groups is 1. The van der Waals surface area contributed by atoms with Crippen molar-refractivity contribution in [2.75, 3.05) is 33.2 Å². The van der Waals surface area contributed by atoms with Crippen LogP contribution >= 0.6 is 11.6 Å². The van der Waals surface area contributed by atoms with Crippen LogP contribution in [0.25, 0.3) is 0 Å². The lowest BCUT2D eigenvalue weighted by Crippen LogP contribution is -2.41. The molecule has 0 atom stereocenters. The molecule has 1 heterocycles. The molecule has 0 aromatic heterocycles. The molecule has 0 unspecified atom stereocenters. The van der Waals surface area contributed by atoms with E-state index in [0.717, 1.165) is 6.42 Å². The second-order valence-corrected chi connectivity index (χ2v) is 5.13. The lowest BCUT2D eigenvalue weighted by Gasteiger charge is -2.22. The fraction of sp³-hybridized carbons (Fsp3) is 0.429. The van der Waals surface area contributed by atoms with E-state index in [1.807, 2.05) is 0 Å². The number of hydrogen-bond donors (Lipinski definition) is 1. The third kappa shape index (κ3) is 3.42. The number of nitrogens with one attached hydrogen (secondary N) is 1. The first-order valence-corrected chi connectivity index (χ1v) is 7.01. The number of carbonyl (C=O) groups excluding carboxylic acids is 2. The molecule has 3 amide bonds. The van der Waals surface area contributed by atoms with Crippen molar-refractivity contribution in [3.8, 4) is 0 Å². The lowest BCUT2D eigenvalue weighted by molar-refractivity contribution is 0.0762. The van der Waals surface area contributed by atoms with E-state index < -0.39 is 0 Å². The second kappa shape index (κ2) is 6.61. The molecule has 1 aromatic carbocycles. The molecular formula is C14H18ClN3O2. The van der Waals surface area contributed by atoms with Crippen LogP contribution in [0.1, 0.15) is 16.8 Å². The molecule has 1 aromatic rings.